The summed E-state index contributed by atoms with van der Waals surface area (Å²) in [6.45, 7) is 5.41. The first-order valence-electron chi connectivity index (χ1n) is 6.61. The lowest BCUT2D eigenvalue weighted by molar-refractivity contribution is 0.202. The van der Waals surface area contributed by atoms with E-state index < -0.39 is 0 Å². The fourth-order valence-electron chi connectivity index (χ4n) is 3.23. The Balaban J connectivity index is 1.88. The van der Waals surface area contributed by atoms with Gasteiger partial charge in [0.05, 0.1) is 5.69 Å². The zero-order valence-electron chi connectivity index (χ0n) is 10.6. The van der Waals surface area contributed by atoms with Crippen LogP contribution in [0.25, 0.3) is 0 Å². The maximum Gasteiger partial charge on any atom is 0.146 e. The van der Waals surface area contributed by atoms with E-state index in [0.29, 0.717) is 12.1 Å². The van der Waals surface area contributed by atoms with E-state index in [0.717, 1.165) is 23.2 Å². The molecule has 0 N–H and O–H groups in total. The standard InChI is InChI=1S/C14H18BrFN2/c1-10-8-17-6-2-3-12(17)9-18(10)14-7-11(15)4-5-13(14)16/h4-5,7,10,12H,2-3,6,8-9H2,1H3. The van der Waals surface area contributed by atoms with Gasteiger partial charge < -0.3 is 4.90 Å². The van der Waals surface area contributed by atoms with Crippen molar-refractivity contribution in [1.29, 1.82) is 0 Å². The van der Waals surface area contributed by atoms with Crippen molar-refractivity contribution >= 4 is 21.6 Å². The number of hydrogen-bond acceptors (Lipinski definition) is 2. The number of fused-ring (bicyclic) bond motifs is 1. The molecule has 18 heavy (non-hydrogen) atoms. The number of hydrogen-bond donors (Lipinski definition) is 0. The summed E-state index contributed by atoms with van der Waals surface area (Å²) < 4.78 is 14.9. The van der Waals surface area contributed by atoms with Crippen LogP contribution < -0.4 is 4.90 Å². The van der Waals surface area contributed by atoms with Crippen molar-refractivity contribution < 1.29 is 4.39 Å². The molecule has 1 aromatic rings. The lowest BCUT2D eigenvalue weighted by atomic mass is 10.1. The number of halogens is 2. The van der Waals surface area contributed by atoms with Crippen molar-refractivity contribution in [3.63, 3.8) is 0 Å². The maximum atomic E-state index is 14.0. The van der Waals surface area contributed by atoms with Gasteiger partial charge in [-0.15, -0.1) is 0 Å². The summed E-state index contributed by atoms with van der Waals surface area (Å²) in [6.07, 6.45) is 2.53. The summed E-state index contributed by atoms with van der Waals surface area (Å²) in [5.74, 6) is -0.114. The zero-order valence-corrected chi connectivity index (χ0v) is 12.2. The van der Waals surface area contributed by atoms with Crippen molar-refractivity contribution in [3.05, 3.63) is 28.5 Å². The van der Waals surface area contributed by atoms with Crippen LogP contribution in [0.4, 0.5) is 10.1 Å². The van der Waals surface area contributed by atoms with Gasteiger partial charge in [0.25, 0.3) is 0 Å². The van der Waals surface area contributed by atoms with Crippen molar-refractivity contribution in [2.24, 2.45) is 0 Å². The minimum Gasteiger partial charge on any atom is -0.364 e. The Labute approximate surface area is 116 Å². The Bertz CT molecular complexity index is 451. The molecule has 1 aromatic carbocycles. The Morgan fingerprint density at radius 1 is 1.33 bits per heavy atom. The van der Waals surface area contributed by atoms with Crippen LogP contribution in [0.3, 0.4) is 0 Å². The highest BCUT2D eigenvalue weighted by molar-refractivity contribution is 9.10. The molecule has 2 fully saturated rings. The lowest BCUT2D eigenvalue weighted by Gasteiger charge is -2.43. The van der Waals surface area contributed by atoms with Crippen LogP contribution >= 0.6 is 15.9 Å². The van der Waals surface area contributed by atoms with Gasteiger partial charge in [0.2, 0.25) is 0 Å². The molecule has 2 unspecified atom stereocenters. The van der Waals surface area contributed by atoms with Crippen LogP contribution in [0.15, 0.2) is 22.7 Å². The summed E-state index contributed by atoms with van der Waals surface area (Å²) >= 11 is 3.44. The van der Waals surface area contributed by atoms with Crippen LogP contribution in [-0.2, 0) is 0 Å². The highest BCUT2D eigenvalue weighted by atomic mass is 79.9. The minimum absolute atomic E-state index is 0.114. The van der Waals surface area contributed by atoms with Gasteiger partial charge in [0.1, 0.15) is 5.82 Å². The summed E-state index contributed by atoms with van der Waals surface area (Å²) in [5.41, 5.74) is 0.739. The van der Waals surface area contributed by atoms with Gasteiger partial charge in [-0.1, -0.05) is 15.9 Å². The van der Waals surface area contributed by atoms with Crippen LogP contribution in [0.2, 0.25) is 0 Å². The number of rotatable bonds is 1. The Hall–Kier alpha value is -0.610. The van der Waals surface area contributed by atoms with Gasteiger partial charge in [0.15, 0.2) is 0 Å². The van der Waals surface area contributed by atoms with E-state index in [1.165, 1.54) is 19.4 Å². The lowest BCUT2D eigenvalue weighted by Crippen LogP contribution is -2.55. The Morgan fingerprint density at radius 3 is 3.00 bits per heavy atom. The molecule has 2 aliphatic rings. The van der Waals surface area contributed by atoms with Gasteiger partial charge in [-0.05, 0) is 44.5 Å². The molecule has 0 radical (unpaired) electrons. The second-order valence-electron chi connectivity index (χ2n) is 5.39. The average molecular weight is 313 g/mol. The number of piperazine rings is 1. The molecule has 0 aromatic heterocycles. The van der Waals surface area contributed by atoms with E-state index in [-0.39, 0.29) is 5.82 Å². The van der Waals surface area contributed by atoms with E-state index in [9.17, 15) is 4.39 Å². The topological polar surface area (TPSA) is 6.48 Å². The highest BCUT2D eigenvalue weighted by Gasteiger charge is 2.35. The summed E-state index contributed by atoms with van der Waals surface area (Å²) in [6, 6.07) is 6.20. The Morgan fingerprint density at radius 2 is 2.17 bits per heavy atom. The van der Waals surface area contributed by atoms with E-state index in [4.69, 9.17) is 0 Å². The SMILES string of the molecule is CC1CN2CCCC2CN1c1cc(Br)ccc1F. The van der Waals surface area contributed by atoms with Gasteiger partial charge >= 0.3 is 0 Å². The maximum absolute atomic E-state index is 14.0. The van der Waals surface area contributed by atoms with E-state index in [1.54, 1.807) is 12.1 Å². The predicted octanol–water partition coefficient (Wildman–Crippen LogP) is 3.26. The molecule has 2 aliphatic heterocycles. The second-order valence-corrected chi connectivity index (χ2v) is 6.30. The molecule has 0 bridgehead atoms. The van der Waals surface area contributed by atoms with Crippen LogP contribution in [0.5, 0.6) is 0 Å². The normalized spacial score (nSPS) is 28.5. The van der Waals surface area contributed by atoms with Crippen molar-refractivity contribution in [2.45, 2.75) is 31.8 Å². The fraction of sp³-hybridized carbons (Fsp3) is 0.571. The third kappa shape index (κ3) is 2.16. The first kappa shape index (κ1) is 12.4. The van der Waals surface area contributed by atoms with Gasteiger partial charge in [-0.3, -0.25) is 4.90 Å². The number of anilines is 1. The van der Waals surface area contributed by atoms with Gasteiger partial charge in [-0.2, -0.15) is 0 Å². The monoisotopic (exact) mass is 312 g/mol. The predicted molar refractivity (Wildman–Crippen MR) is 75.5 cm³/mol. The van der Waals surface area contributed by atoms with Gasteiger partial charge in [0, 0.05) is 29.6 Å². The van der Waals surface area contributed by atoms with Crippen LogP contribution in [-0.4, -0.2) is 36.6 Å². The van der Waals surface area contributed by atoms with Crippen LogP contribution in [0.1, 0.15) is 19.8 Å². The third-order valence-corrected chi connectivity index (χ3v) is 4.65. The highest BCUT2D eigenvalue weighted by Crippen LogP contribution is 2.31. The summed E-state index contributed by atoms with van der Waals surface area (Å²) in [7, 11) is 0. The zero-order chi connectivity index (χ0) is 12.7. The van der Waals surface area contributed by atoms with Crippen molar-refractivity contribution in [2.75, 3.05) is 24.5 Å². The number of benzene rings is 1. The molecule has 98 valence electrons. The molecular weight excluding hydrogens is 295 g/mol. The molecule has 2 heterocycles. The first-order chi connectivity index (χ1) is 8.65. The largest absolute Gasteiger partial charge is 0.364 e. The van der Waals surface area contributed by atoms with E-state index in [1.807, 2.05) is 6.07 Å². The molecule has 0 amide bonds. The third-order valence-electron chi connectivity index (χ3n) is 4.15. The molecule has 0 saturated carbocycles. The van der Waals surface area contributed by atoms with E-state index in [2.05, 4.69) is 32.7 Å². The van der Waals surface area contributed by atoms with Gasteiger partial charge in [-0.25, -0.2) is 4.39 Å². The first-order valence-corrected chi connectivity index (χ1v) is 7.40. The molecule has 3 rings (SSSR count). The Kier molecular flexibility index (Phi) is 3.32. The molecule has 0 spiro atoms. The van der Waals surface area contributed by atoms with Crippen molar-refractivity contribution in [3.8, 4) is 0 Å². The fourth-order valence-corrected chi connectivity index (χ4v) is 3.58. The molecule has 0 aliphatic carbocycles. The molecule has 2 saturated heterocycles. The second kappa shape index (κ2) is 4.82. The quantitative estimate of drug-likeness (QED) is 0.785. The summed E-state index contributed by atoms with van der Waals surface area (Å²) in [4.78, 5) is 4.78. The molecule has 2 nitrogen and oxygen atoms in total. The van der Waals surface area contributed by atoms with E-state index >= 15 is 0 Å². The number of nitrogens with zero attached hydrogens (tertiary/aromatic N) is 2. The van der Waals surface area contributed by atoms with Crippen molar-refractivity contribution in [1.82, 2.24) is 4.90 Å². The molecule has 2 atom stereocenters. The average Bonchev–Trinajstić information content (AvgIpc) is 2.78. The molecule has 4 heteroatoms. The smallest absolute Gasteiger partial charge is 0.146 e. The van der Waals surface area contributed by atoms with Crippen LogP contribution in [0, 0.1) is 5.82 Å². The minimum atomic E-state index is -0.114. The summed E-state index contributed by atoms with van der Waals surface area (Å²) in [5, 5.41) is 0. The molecular formula is C14H18BrFN2.